The van der Waals surface area contributed by atoms with E-state index in [4.69, 9.17) is 21.6 Å². The molecular weight excluding hydrogens is 467 g/mol. The van der Waals surface area contributed by atoms with Gasteiger partial charge in [0, 0.05) is 11.6 Å². The zero-order chi connectivity index (χ0) is 24.5. The van der Waals surface area contributed by atoms with Crippen molar-refractivity contribution in [2.24, 2.45) is 0 Å². The number of amides is 1. The molecule has 0 aliphatic carbocycles. The summed E-state index contributed by atoms with van der Waals surface area (Å²) in [6.07, 6.45) is 2.54. The fourth-order valence-electron chi connectivity index (χ4n) is 4.72. The van der Waals surface area contributed by atoms with E-state index in [9.17, 15) is 9.18 Å². The number of halogens is 2. The highest BCUT2D eigenvalue weighted by Crippen LogP contribution is 2.39. The number of aromatic nitrogens is 2. The van der Waals surface area contributed by atoms with E-state index in [1.807, 2.05) is 36.1 Å². The van der Waals surface area contributed by atoms with Crippen LogP contribution < -0.4 is 15.5 Å². The van der Waals surface area contributed by atoms with Crippen molar-refractivity contribution in [3.05, 3.63) is 64.4 Å². The molecule has 2 aliphatic rings. The van der Waals surface area contributed by atoms with Crippen molar-refractivity contribution in [1.29, 1.82) is 0 Å². The summed E-state index contributed by atoms with van der Waals surface area (Å²) in [5.74, 6) is 0.343. The lowest BCUT2D eigenvalue weighted by Crippen LogP contribution is -2.42. The Morgan fingerprint density at radius 3 is 2.69 bits per heavy atom. The lowest BCUT2D eigenvalue weighted by atomic mass is 9.97. The molecule has 0 unspecified atom stereocenters. The third-order valence-electron chi connectivity index (χ3n) is 6.67. The van der Waals surface area contributed by atoms with Gasteiger partial charge in [-0.3, -0.25) is 4.79 Å². The van der Waals surface area contributed by atoms with E-state index in [1.54, 1.807) is 6.07 Å². The molecule has 2 aliphatic heterocycles. The van der Waals surface area contributed by atoms with Gasteiger partial charge in [-0.15, -0.1) is 0 Å². The van der Waals surface area contributed by atoms with Gasteiger partial charge in [0.2, 0.25) is 5.95 Å². The molecule has 2 aromatic carbocycles. The average molecular weight is 495 g/mol. The zero-order valence-electron chi connectivity index (χ0n) is 19.8. The number of para-hydroxylation sites is 1. The first-order valence-corrected chi connectivity index (χ1v) is 12.3. The van der Waals surface area contributed by atoms with Gasteiger partial charge in [0.15, 0.2) is 5.82 Å². The van der Waals surface area contributed by atoms with Crippen LogP contribution in [0.2, 0.25) is 5.02 Å². The van der Waals surface area contributed by atoms with E-state index in [0.29, 0.717) is 34.5 Å². The number of likely N-dealkylation sites (tertiary alicyclic amines) is 1. The Bertz CT molecular complexity index is 1260. The van der Waals surface area contributed by atoms with Crippen molar-refractivity contribution < 1.29 is 9.18 Å². The van der Waals surface area contributed by atoms with Crippen LogP contribution in [0.25, 0.3) is 11.3 Å². The molecule has 9 heteroatoms. The molecular formula is C26H28ClFN6O. The molecule has 3 heterocycles. The van der Waals surface area contributed by atoms with E-state index >= 15 is 0 Å². The number of fused-ring (bicyclic) bond motifs is 1. The minimum atomic E-state index is -0.319. The maximum absolute atomic E-state index is 14.1. The summed E-state index contributed by atoms with van der Waals surface area (Å²) in [6.45, 7) is 4.16. The number of nitrogens with one attached hydrogen (secondary N) is 2. The summed E-state index contributed by atoms with van der Waals surface area (Å²) < 4.78 is 14.1. The van der Waals surface area contributed by atoms with E-state index in [2.05, 4.69) is 22.6 Å². The van der Waals surface area contributed by atoms with E-state index in [0.717, 1.165) is 42.7 Å². The molecule has 0 radical (unpaired) electrons. The van der Waals surface area contributed by atoms with Crippen LogP contribution in [0.4, 0.5) is 21.8 Å². The minimum absolute atomic E-state index is 0.224. The van der Waals surface area contributed by atoms with Crippen molar-refractivity contribution in [3.8, 4) is 11.3 Å². The van der Waals surface area contributed by atoms with Gasteiger partial charge in [-0.25, -0.2) is 9.37 Å². The number of carbonyl (C=O) groups excluding carboxylic acids is 1. The van der Waals surface area contributed by atoms with Crippen molar-refractivity contribution in [1.82, 2.24) is 20.2 Å². The molecule has 3 aromatic rings. The Morgan fingerprint density at radius 1 is 1.17 bits per heavy atom. The van der Waals surface area contributed by atoms with Gasteiger partial charge >= 0.3 is 0 Å². The van der Waals surface area contributed by atoms with Gasteiger partial charge < -0.3 is 20.4 Å². The predicted octanol–water partition coefficient (Wildman–Crippen LogP) is 4.84. The molecule has 182 valence electrons. The second-order valence-electron chi connectivity index (χ2n) is 9.01. The highest BCUT2D eigenvalue weighted by molar-refractivity contribution is 6.33. The number of hydrogen-bond acceptors (Lipinski definition) is 6. The van der Waals surface area contributed by atoms with Crippen LogP contribution >= 0.6 is 11.6 Å². The van der Waals surface area contributed by atoms with Gasteiger partial charge in [-0.05, 0) is 75.3 Å². The topological polar surface area (TPSA) is 73.4 Å². The normalized spacial score (nSPS) is 16.7. The minimum Gasteiger partial charge on any atom is -0.351 e. The number of rotatable bonds is 5. The quantitative estimate of drug-likeness (QED) is 0.528. The molecule has 0 bridgehead atoms. The fraction of sp³-hybridized carbons (Fsp3) is 0.346. The monoisotopic (exact) mass is 494 g/mol. The number of hydrogen-bond donors (Lipinski definition) is 2. The Morgan fingerprint density at radius 2 is 1.94 bits per heavy atom. The first-order chi connectivity index (χ1) is 16.9. The molecule has 1 amide bonds. The standard InChI is InChI=1S/C26H28ClFN6O/c1-3-16-14-17(28)8-9-19(16)23-22-24(32-26(31-23)30-18-10-12-33(2)13-11-18)34(15-29-25(22)35)21-7-5-4-6-20(21)27/h4-9,14,18H,3,10-13,15H2,1-2H3,(H,29,35)(H,30,31,32). The number of benzene rings is 2. The molecule has 35 heavy (non-hydrogen) atoms. The van der Waals surface area contributed by atoms with Crippen LogP contribution in [0.5, 0.6) is 0 Å². The summed E-state index contributed by atoms with van der Waals surface area (Å²) in [7, 11) is 2.12. The predicted molar refractivity (Wildman–Crippen MR) is 137 cm³/mol. The Balaban J connectivity index is 1.68. The molecule has 1 aromatic heterocycles. The van der Waals surface area contributed by atoms with Gasteiger partial charge in [-0.2, -0.15) is 4.98 Å². The number of aryl methyl sites for hydroxylation is 1. The van der Waals surface area contributed by atoms with Gasteiger partial charge in [0.25, 0.3) is 5.91 Å². The summed E-state index contributed by atoms with van der Waals surface area (Å²) in [6, 6.07) is 12.3. The third-order valence-corrected chi connectivity index (χ3v) is 6.99. The van der Waals surface area contributed by atoms with Crippen LogP contribution in [-0.2, 0) is 6.42 Å². The van der Waals surface area contributed by atoms with Gasteiger partial charge in [0.1, 0.15) is 11.4 Å². The van der Waals surface area contributed by atoms with E-state index in [1.165, 1.54) is 12.1 Å². The van der Waals surface area contributed by atoms with E-state index < -0.39 is 0 Å². The Hall–Kier alpha value is -3.23. The van der Waals surface area contributed by atoms with Crippen molar-refractivity contribution in [2.75, 3.05) is 37.0 Å². The summed E-state index contributed by atoms with van der Waals surface area (Å²) in [4.78, 5) is 27.0. The molecule has 2 N–H and O–H groups in total. The van der Waals surface area contributed by atoms with Crippen LogP contribution in [0, 0.1) is 5.82 Å². The largest absolute Gasteiger partial charge is 0.351 e. The van der Waals surface area contributed by atoms with Crippen LogP contribution in [0.1, 0.15) is 35.7 Å². The highest BCUT2D eigenvalue weighted by atomic mass is 35.5. The van der Waals surface area contributed by atoms with Gasteiger partial charge in [0.05, 0.1) is 23.1 Å². The number of carbonyl (C=O) groups is 1. The molecule has 5 rings (SSSR count). The first-order valence-electron chi connectivity index (χ1n) is 11.9. The van der Waals surface area contributed by atoms with Crippen LogP contribution in [0.3, 0.4) is 0 Å². The zero-order valence-corrected chi connectivity index (χ0v) is 20.6. The number of piperidine rings is 1. The van der Waals surface area contributed by atoms with Crippen LogP contribution in [-0.4, -0.2) is 53.6 Å². The first kappa shape index (κ1) is 23.5. The van der Waals surface area contributed by atoms with Crippen molar-refractivity contribution in [2.45, 2.75) is 32.2 Å². The maximum Gasteiger partial charge on any atom is 0.258 e. The number of nitrogens with zero attached hydrogens (tertiary/aromatic N) is 4. The Kier molecular flexibility index (Phi) is 6.58. The van der Waals surface area contributed by atoms with Crippen LogP contribution in [0.15, 0.2) is 42.5 Å². The maximum atomic E-state index is 14.1. The average Bonchev–Trinajstić information content (AvgIpc) is 2.86. The van der Waals surface area contributed by atoms with Crippen molar-refractivity contribution in [3.63, 3.8) is 0 Å². The second-order valence-corrected chi connectivity index (χ2v) is 9.42. The summed E-state index contributed by atoms with van der Waals surface area (Å²) in [5, 5.41) is 6.98. The van der Waals surface area contributed by atoms with Crippen molar-refractivity contribution >= 4 is 35.0 Å². The molecule has 0 saturated carbocycles. The lowest BCUT2D eigenvalue weighted by Gasteiger charge is -2.33. The molecule has 1 fully saturated rings. The smallest absolute Gasteiger partial charge is 0.258 e. The molecule has 0 spiro atoms. The molecule has 7 nitrogen and oxygen atoms in total. The SMILES string of the molecule is CCc1cc(F)ccc1-c1nc(NC2CCN(C)CC2)nc2c1C(=O)NCN2c1ccccc1Cl. The number of anilines is 3. The molecule has 1 saturated heterocycles. The van der Waals surface area contributed by atoms with E-state index in [-0.39, 0.29) is 24.4 Å². The van der Waals surface area contributed by atoms with Gasteiger partial charge in [-0.1, -0.05) is 30.7 Å². The third kappa shape index (κ3) is 4.68. The lowest BCUT2D eigenvalue weighted by molar-refractivity contribution is 0.0949. The Labute approximate surface area is 209 Å². The molecule has 0 atom stereocenters. The summed E-state index contributed by atoms with van der Waals surface area (Å²) >= 11 is 6.53. The fourth-order valence-corrected chi connectivity index (χ4v) is 4.96. The second kappa shape index (κ2) is 9.79. The highest BCUT2D eigenvalue weighted by Gasteiger charge is 2.32. The summed E-state index contributed by atoms with van der Waals surface area (Å²) in [5.41, 5.74) is 3.07.